The number of nitrogens with zero attached hydrogens (tertiary/aromatic N) is 3. The number of esters is 1. The average molecular weight is 434 g/mol. The molecule has 2 aromatic rings. The lowest BCUT2D eigenvalue weighted by molar-refractivity contribution is 0.0600. The number of likely N-dealkylation sites (N-methyl/N-ethyl adjacent to an activating group) is 1. The van der Waals surface area contributed by atoms with E-state index in [1.165, 1.54) is 24.1 Å². The summed E-state index contributed by atoms with van der Waals surface area (Å²) in [5.74, 6) is -1.19. The fourth-order valence-corrected chi connectivity index (χ4v) is 3.61. The van der Waals surface area contributed by atoms with Gasteiger partial charge in [0, 0.05) is 42.5 Å². The summed E-state index contributed by atoms with van der Waals surface area (Å²) in [6, 6.07) is 10.8. The molecular weight excluding hydrogens is 409 g/mol. The van der Waals surface area contributed by atoms with Gasteiger partial charge in [-0.2, -0.15) is 0 Å². The van der Waals surface area contributed by atoms with Gasteiger partial charge < -0.3 is 14.5 Å². The molecule has 0 saturated carbocycles. The molecule has 6 nitrogen and oxygen atoms in total. The van der Waals surface area contributed by atoms with E-state index < -0.39 is 11.8 Å². The smallest absolute Gasteiger partial charge is 0.337 e. The molecule has 8 heteroatoms. The van der Waals surface area contributed by atoms with Crippen molar-refractivity contribution in [3.05, 3.63) is 64.4 Å². The van der Waals surface area contributed by atoms with Crippen LogP contribution in [0, 0.1) is 5.82 Å². The molecule has 2 aromatic carbocycles. The van der Waals surface area contributed by atoms with E-state index in [-0.39, 0.29) is 18.1 Å². The van der Waals surface area contributed by atoms with Gasteiger partial charge >= 0.3 is 12.0 Å². The minimum absolute atomic E-state index is 0.0143. The van der Waals surface area contributed by atoms with E-state index in [2.05, 4.69) is 16.6 Å². The van der Waals surface area contributed by atoms with Crippen molar-refractivity contribution in [2.24, 2.45) is 0 Å². The fourth-order valence-electron chi connectivity index (χ4n) is 3.43. The maximum Gasteiger partial charge on any atom is 0.337 e. The van der Waals surface area contributed by atoms with Gasteiger partial charge in [0.1, 0.15) is 5.82 Å². The summed E-state index contributed by atoms with van der Waals surface area (Å²) in [6.45, 7) is 5.86. The second-order valence-corrected chi connectivity index (χ2v) is 7.50. The van der Waals surface area contributed by atoms with Gasteiger partial charge in [-0.1, -0.05) is 30.7 Å². The number of anilines is 1. The van der Waals surface area contributed by atoms with Crippen molar-refractivity contribution in [1.29, 1.82) is 0 Å². The molecule has 0 unspecified atom stereocenters. The number of carbonyl (C=O) groups excluding carboxylic acids is 2. The summed E-state index contributed by atoms with van der Waals surface area (Å²) in [5.41, 5.74) is 1.00. The zero-order chi connectivity index (χ0) is 21.7. The Morgan fingerprint density at radius 3 is 2.47 bits per heavy atom. The summed E-state index contributed by atoms with van der Waals surface area (Å²) < 4.78 is 19.3. The number of amides is 2. The second kappa shape index (κ2) is 9.91. The molecule has 1 aliphatic heterocycles. The van der Waals surface area contributed by atoms with Gasteiger partial charge in [0.15, 0.2) is 0 Å². The maximum atomic E-state index is 14.7. The topological polar surface area (TPSA) is 53.1 Å². The first kappa shape index (κ1) is 22.1. The molecule has 0 spiro atoms. The lowest BCUT2D eigenvalue weighted by atomic mass is 10.1. The van der Waals surface area contributed by atoms with E-state index in [1.54, 1.807) is 29.2 Å². The molecule has 1 aliphatic rings. The van der Waals surface area contributed by atoms with Crippen molar-refractivity contribution < 1.29 is 18.7 Å². The Morgan fingerprint density at radius 1 is 1.13 bits per heavy atom. The summed E-state index contributed by atoms with van der Waals surface area (Å²) in [4.78, 5) is 30.5. The highest BCUT2D eigenvalue weighted by molar-refractivity contribution is 6.30. The van der Waals surface area contributed by atoms with Crippen LogP contribution in [0.4, 0.5) is 14.9 Å². The van der Waals surface area contributed by atoms with Crippen LogP contribution in [0.1, 0.15) is 22.8 Å². The Balaban J connectivity index is 1.87. The van der Waals surface area contributed by atoms with Crippen LogP contribution in [0.2, 0.25) is 5.02 Å². The summed E-state index contributed by atoms with van der Waals surface area (Å²) >= 11 is 6.14. The molecule has 0 N–H and O–H groups in total. The van der Waals surface area contributed by atoms with Crippen LogP contribution >= 0.6 is 11.6 Å². The molecule has 0 radical (unpaired) electrons. The van der Waals surface area contributed by atoms with Crippen molar-refractivity contribution in [2.45, 2.75) is 13.5 Å². The number of piperazine rings is 1. The molecule has 0 aromatic heterocycles. The van der Waals surface area contributed by atoms with Crippen LogP contribution in [0.25, 0.3) is 0 Å². The first-order chi connectivity index (χ1) is 14.4. The monoisotopic (exact) mass is 433 g/mol. The van der Waals surface area contributed by atoms with Crippen molar-refractivity contribution in [3.8, 4) is 0 Å². The third-order valence-electron chi connectivity index (χ3n) is 5.24. The maximum absolute atomic E-state index is 14.7. The van der Waals surface area contributed by atoms with E-state index >= 15 is 0 Å². The first-order valence-electron chi connectivity index (χ1n) is 9.84. The molecule has 0 bridgehead atoms. The number of hydrogen-bond donors (Lipinski definition) is 0. The van der Waals surface area contributed by atoms with Crippen LogP contribution < -0.4 is 4.90 Å². The van der Waals surface area contributed by atoms with Crippen molar-refractivity contribution in [3.63, 3.8) is 0 Å². The molecular formula is C22H25ClFN3O3. The van der Waals surface area contributed by atoms with Gasteiger partial charge in [0.25, 0.3) is 0 Å². The molecule has 0 atom stereocenters. The number of hydrogen-bond acceptors (Lipinski definition) is 4. The van der Waals surface area contributed by atoms with Gasteiger partial charge in [-0.05, 0) is 36.9 Å². The highest BCUT2D eigenvalue weighted by Gasteiger charge is 2.27. The standard InChI is InChI=1S/C22H25ClFN3O3/c1-3-25-9-11-26(12-10-25)22(29)27(19-6-4-5-18(23)14-19)15-17-8-7-16(13-20(17)24)21(28)30-2/h4-8,13-14H,3,9-12,15H2,1-2H3. The highest BCUT2D eigenvalue weighted by atomic mass is 35.5. The molecule has 1 fully saturated rings. The normalized spacial score (nSPS) is 14.5. The molecule has 160 valence electrons. The minimum Gasteiger partial charge on any atom is -0.465 e. The van der Waals surface area contributed by atoms with Crippen molar-refractivity contribution in [2.75, 3.05) is 44.7 Å². The van der Waals surface area contributed by atoms with E-state index in [4.69, 9.17) is 11.6 Å². The van der Waals surface area contributed by atoms with Gasteiger partial charge in [0.05, 0.1) is 19.2 Å². The molecule has 3 rings (SSSR count). The molecule has 2 amide bonds. The molecule has 1 saturated heterocycles. The minimum atomic E-state index is -0.614. The largest absolute Gasteiger partial charge is 0.465 e. The number of halogens is 2. The number of methoxy groups -OCH3 is 1. The van der Waals surface area contributed by atoms with Gasteiger partial charge in [-0.3, -0.25) is 4.90 Å². The quantitative estimate of drug-likeness (QED) is 0.668. The number of benzene rings is 2. The lowest BCUT2D eigenvalue weighted by Gasteiger charge is -2.37. The van der Waals surface area contributed by atoms with E-state index in [0.717, 1.165) is 25.7 Å². The van der Waals surface area contributed by atoms with Crippen LogP contribution in [-0.2, 0) is 11.3 Å². The number of urea groups is 1. The Bertz CT molecular complexity index is 916. The van der Waals surface area contributed by atoms with E-state index in [9.17, 15) is 14.0 Å². The summed E-state index contributed by atoms with van der Waals surface area (Å²) in [7, 11) is 1.24. The summed E-state index contributed by atoms with van der Waals surface area (Å²) in [6.07, 6.45) is 0. The lowest BCUT2D eigenvalue weighted by Crippen LogP contribution is -2.52. The molecule has 0 aliphatic carbocycles. The van der Waals surface area contributed by atoms with E-state index in [0.29, 0.717) is 29.4 Å². The van der Waals surface area contributed by atoms with Crippen molar-refractivity contribution >= 4 is 29.3 Å². The van der Waals surface area contributed by atoms with Gasteiger partial charge in [-0.15, -0.1) is 0 Å². The fraction of sp³-hybridized carbons (Fsp3) is 0.364. The predicted molar refractivity (Wildman–Crippen MR) is 114 cm³/mol. The highest BCUT2D eigenvalue weighted by Crippen LogP contribution is 2.24. The Hall–Kier alpha value is -2.64. The van der Waals surface area contributed by atoms with E-state index in [1.807, 2.05) is 0 Å². The number of carbonyl (C=O) groups is 2. The second-order valence-electron chi connectivity index (χ2n) is 7.07. The van der Waals surface area contributed by atoms with Crippen LogP contribution in [0.5, 0.6) is 0 Å². The SMILES string of the molecule is CCN1CCN(C(=O)N(Cc2ccc(C(=O)OC)cc2F)c2cccc(Cl)c2)CC1. The Labute approximate surface area is 180 Å². The Morgan fingerprint density at radius 2 is 1.87 bits per heavy atom. The zero-order valence-corrected chi connectivity index (χ0v) is 17.9. The third-order valence-corrected chi connectivity index (χ3v) is 5.48. The van der Waals surface area contributed by atoms with Crippen LogP contribution in [0.15, 0.2) is 42.5 Å². The number of rotatable bonds is 5. The van der Waals surface area contributed by atoms with Gasteiger partial charge in [0.2, 0.25) is 0 Å². The summed E-state index contributed by atoms with van der Waals surface area (Å²) in [5, 5.41) is 0.489. The van der Waals surface area contributed by atoms with Crippen molar-refractivity contribution in [1.82, 2.24) is 9.80 Å². The van der Waals surface area contributed by atoms with Crippen LogP contribution in [-0.4, -0.2) is 61.6 Å². The average Bonchev–Trinajstić information content (AvgIpc) is 2.77. The Kier molecular flexibility index (Phi) is 7.29. The van der Waals surface area contributed by atoms with Crippen LogP contribution in [0.3, 0.4) is 0 Å². The van der Waals surface area contributed by atoms with Gasteiger partial charge in [-0.25, -0.2) is 14.0 Å². The number of ether oxygens (including phenoxy) is 1. The molecule has 30 heavy (non-hydrogen) atoms. The first-order valence-corrected chi connectivity index (χ1v) is 10.2. The third kappa shape index (κ3) is 5.09. The molecule has 1 heterocycles. The predicted octanol–water partition coefficient (Wildman–Crippen LogP) is 4.03. The zero-order valence-electron chi connectivity index (χ0n) is 17.1.